The van der Waals surface area contributed by atoms with Crippen LogP contribution in [0, 0.1) is 0 Å². The molecule has 1 spiro atoms. The van der Waals surface area contributed by atoms with Crippen molar-refractivity contribution >= 4 is 0 Å². The predicted molar refractivity (Wildman–Crippen MR) is 50.9 cm³/mol. The predicted octanol–water partition coefficient (Wildman–Crippen LogP) is 1.31. The standard InChI is InChI=1S/C11H13NO2/c1-2-9-8-11(13-6-7-14-11)4-3-10(9)12-5-1/h1-2,5H,3-4,6-8H2. The Kier molecular flexibility index (Phi) is 1.82. The Morgan fingerprint density at radius 3 is 3.00 bits per heavy atom. The molecule has 0 saturated carbocycles. The fraction of sp³-hybridized carbons (Fsp3) is 0.545. The van der Waals surface area contributed by atoms with Crippen molar-refractivity contribution in [3.8, 4) is 0 Å². The van der Waals surface area contributed by atoms with E-state index >= 15 is 0 Å². The SMILES string of the molecule is c1cnc2c(c1)CC1(CC2)OCCO1. The molecule has 2 aliphatic rings. The second-order valence-corrected chi connectivity index (χ2v) is 3.89. The van der Waals surface area contributed by atoms with Gasteiger partial charge in [0, 0.05) is 24.7 Å². The van der Waals surface area contributed by atoms with Gasteiger partial charge in [0.25, 0.3) is 0 Å². The summed E-state index contributed by atoms with van der Waals surface area (Å²) in [5.74, 6) is -0.323. The molecule has 1 aromatic heterocycles. The van der Waals surface area contributed by atoms with Crippen LogP contribution in [0.25, 0.3) is 0 Å². The van der Waals surface area contributed by atoms with Crippen LogP contribution in [0.4, 0.5) is 0 Å². The first-order chi connectivity index (χ1) is 6.88. The van der Waals surface area contributed by atoms with Gasteiger partial charge in [-0.2, -0.15) is 0 Å². The molecule has 0 radical (unpaired) electrons. The topological polar surface area (TPSA) is 31.4 Å². The molecule has 14 heavy (non-hydrogen) atoms. The minimum Gasteiger partial charge on any atom is -0.347 e. The molecule has 2 heterocycles. The summed E-state index contributed by atoms with van der Waals surface area (Å²) < 4.78 is 11.4. The van der Waals surface area contributed by atoms with Crippen molar-refractivity contribution in [3.05, 3.63) is 29.6 Å². The Morgan fingerprint density at radius 2 is 2.14 bits per heavy atom. The van der Waals surface area contributed by atoms with E-state index in [0.717, 1.165) is 32.5 Å². The van der Waals surface area contributed by atoms with E-state index in [0.29, 0.717) is 0 Å². The molecule has 1 fully saturated rings. The van der Waals surface area contributed by atoms with E-state index in [4.69, 9.17) is 9.47 Å². The Balaban J connectivity index is 1.92. The van der Waals surface area contributed by atoms with Crippen LogP contribution in [0.15, 0.2) is 18.3 Å². The third-order valence-corrected chi connectivity index (χ3v) is 3.00. The lowest BCUT2D eigenvalue weighted by Gasteiger charge is -2.32. The van der Waals surface area contributed by atoms with E-state index in [1.807, 2.05) is 12.3 Å². The fourth-order valence-corrected chi connectivity index (χ4v) is 2.29. The van der Waals surface area contributed by atoms with Crippen molar-refractivity contribution in [2.75, 3.05) is 13.2 Å². The van der Waals surface area contributed by atoms with E-state index in [-0.39, 0.29) is 5.79 Å². The van der Waals surface area contributed by atoms with Crippen LogP contribution in [-0.2, 0) is 22.3 Å². The third kappa shape index (κ3) is 1.24. The van der Waals surface area contributed by atoms with Crippen molar-refractivity contribution < 1.29 is 9.47 Å². The highest BCUT2D eigenvalue weighted by atomic mass is 16.7. The molecular weight excluding hydrogens is 178 g/mol. The summed E-state index contributed by atoms with van der Waals surface area (Å²) in [6.45, 7) is 1.46. The molecule has 3 nitrogen and oxygen atoms in total. The minimum atomic E-state index is -0.323. The van der Waals surface area contributed by atoms with Crippen molar-refractivity contribution in [3.63, 3.8) is 0 Å². The largest absolute Gasteiger partial charge is 0.347 e. The summed E-state index contributed by atoms with van der Waals surface area (Å²) in [6.07, 6.45) is 4.62. The highest BCUT2D eigenvalue weighted by Gasteiger charge is 2.39. The fourth-order valence-electron chi connectivity index (χ4n) is 2.29. The molecule has 1 aliphatic carbocycles. The molecule has 1 aliphatic heterocycles. The number of hydrogen-bond donors (Lipinski definition) is 0. The highest BCUT2D eigenvalue weighted by Crippen LogP contribution is 2.34. The first-order valence-electron chi connectivity index (χ1n) is 5.09. The molecule has 0 N–H and O–H groups in total. The van der Waals surface area contributed by atoms with E-state index in [2.05, 4.69) is 11.1 Å². The maximum absolute atomic E-state index is 5.69. The van der Waals surface area contributed by atoms with Gasteiger partial charge in [0.15, 0.2) is 5.79 Å². The number of hydrogen-bond acceptors (Lipinski definition) is 3. The molecule has 0 bridgehead atoms. The van der Waals surface area contributed by atoms with Gasteiger partial charge in [-0.15, -0.1) is 0 Å². The van der Waals surface area contributed by atoms with E-state index in [1.165, 1.54) is 11.3 Å². The zero-order valence-electron chi connectivity index (χ0n) is 8.03. The van der Waals surface area contributed by atoms with Crippen molar-refractivity contribution in [2.45, 2.75) is 25.0 Å². The van der Waals surface area contributed by atoms with Crippen LogP contribution in [0.5, 0.6) is 0 Å². The second kappa shape index (κ2) is 3.04. The molecule has 0 aromatic carbocycles. The van der Waals surface area contributed by atoms with Gasteiger partial charge in [-0.25, -0.2) is 0 Å². The second-order valence-electron chi connectivity index (χ2n) is 3.89. The number of rotatable bonds is 0. The average Bonchev–Trinajstić information content (AvgIpc) is 2.66. The zero-order chi connectivity index (χ0) is 9.43. The Bertz CT molecular complexity index is 345. The molecule has 3 rings (SSSR count). The number of aromatic nitrogens is 1. The minimum absolute atomic E-state index is 0.323. The van der Waals surface area contributed by atoms with Gasteiger partial charge in [-0.3, -0.25) is 4.98 Å². The number of pyridine rings is 1. The maximum Gasteiger partial charge on any atom is 0.172 e. The Morgan fingerprint density at radius 1 is 1.29 bits per heavy atom. The Labute approximate surface area is 83.1 Å². The number of fused-ring (bicyclic) bond motifs is 1. The summed E-state index contributed by atoms with van der Waals surface area (Å²) in [4.78, 5) is 4.36. The quantitative estimate of drug-likeness (QED) is 0.619. The van der Waals surface area contributed by atoms with E-state index in [9.17, 15) is 0 Å². The van der Waals surface area contributed by atoms with Gasteiger partial charge in [-0.1, -0.05) is 6.07 Å². The number of aryl methyl sites for hydroxylation is 1. The molecule has 3 heteroatoms. The summed E-state index contributed by atoms with van der Waals surface area (Å²) in [7, 11) is 0. The molecule has 1 saturated heterocycles. The molecule has 74 valence electrons. The van der Waals surface area contributed by atoms with Crippen molar-refractivity contribution in [1.82, 2.24) is 4.98 Å². The van der Waals surface area contributed by atoms with Gasteiger partial charge < -0.3 is 9.47 Å². The van der Waals surface area contributed by atoms with Gasteiger partial charge in [0.2, 0.25) is 0 Å². The monoisotopic (exact) mass is 191 g/mol. The smallest absolute Gasteiger partial charge is 0.172 e. The summed E-state index contributed by atoms with van der Waals surface area (Å²) in [5.41, 5.74) is 2.48. The van der Waals surface area contributed by atoms with Gasteiger partial charge in [0.1, 0.15) is 0 Å². The lowest BCUT2D eigenvalue weighted by atomic mass is 9.91. The highest BCUT2D eigenvalue weighted by molar-refractivity contribution is 5.24. The average molecular weight is 191 g/mol. The lowest BCUT2D eigenvalue weighted by Crippen LogP contribution is -2.37. The molecule has 0 atom stereocenters. The normalized spacial score (nSPS) is 23.7. The third-order valence-electron chi connectivity index (χ3n) is 3.00. The first kappa shape index (κ1) is 8.38. The number of ether oxygens (including phenoxy) is 2. The van der Waals surface area contributed by atoms with Gasteiger partial charge in [0.05, 0.1) is 13.2 Å². The van der Waals surface area contributed by atoms with Gasteiger partial charge >= 0.3 is 0 Å². The van der Waals surface area contributed by atoms with Crippen molar-refractivity contribution in [1.29, 1.82) is 0 Å². The van der Waals surface area contributed by atoms with E-state index < -0.39 is 0 Å². The zero-order valence-corrected chi connectivity index (χ0v) is 8.03. The van der Waals surface area contributed by atoms with Crippen LogP contribution < -0.4 is 0 Å². The first-order valence-corrected chi connectivity index (χ1v) is 5.09. The number of nitrogens with zero attached hydrogens (tertiary/aromatic N) is 1. The molecule has 1 aromatic rings. The van der Waals surface area contributed by atoms with Crippen LogP contribution in [-0.4, -0.2) is 24.0 Å². The van der Waals surface area contributed by atoms with Gasteiger partial charge in [-0.05, 0) is 18.1 Å². The summed E-state index contributed by atoms with van der Waals surface area (Å²) in [6, 6.07) is 4.10. The Hall–Kier alpha value is -0.930. The summed E-state index contributed by atoms with van der Waals surface area (Å²) in [5, 5.41) is 0. The van der Waals surface area contributed by atoms with Crippen LogP contribution in [0.2, 0.25) is 0 Å². The molecule has 0 unspecified atom stereocenters. The lowest BCUT2D eigenvalue weighted by molar-refractivity contribution is -0.164. The maximum atomic E-state index is 5.69. The van der Waals surface area contributed by atoms with Crippen LogP contribution in [0.3, 0.4) is 0 Å². The summed E-state index contributed by atoms with van der Waals surface area (Å²) >= 11 is 0. The molecular formula is C11H13NO2. The molecule has 0 amide bonds. The van der Waals surface area contributed by atoms with Crippen LogP contribution >= 0.6 is 0 Å². The van der Waals surface area contributed by atoms with Crippen molar-refractivity contribution in [2.24, 2.45) is 0 Å². The van der Waals surface area contributed by atoms with E-state index in [1.54, 1.807) is 0 Å². The van der Waals surface area contributed by atoms with Crippen LogP contribution in [0.1, 0.15) is 17.7 Å².